The molecule has 0 atom stereocenters. The van der Waals surface area contributed by atoms with Crippen LogP contribution in [0.4, 0.5) is 0 Å². The molecule has 0 aromatic heterocycles. The Balaban J connectivity index is 2.43. The summed E-state index contributed by atoms with van der Waals surface area (Å²) in [5.74, 6) is 0.404. The van der Waals surface area contributed by atoms with Crippen molar-refractivity contribution in [2.24, 2.45) is 5.92 Å². The van der Waals surface area contributed by atoms with Crippen LogP contribution in [0.1, 0.15) is 25.0 Å². The first kappa shape index (κ1) is 19.7. The van der Waals surface area contributed by atoms with E-state index in [4.69, 9.17) is 8.92 Å². The molecule has 2 aromatic carbocycles. The maximum Gasteiger partial charge on any atom is 0.339 e. The highest BCUT2D eigenvalue weighted by Crippen LogP contribution is 2.32. The molecule has 0 amide bonds. The summed E-state index contributed by atoms with van der Waals surface area (Å²) in [6, 6.07) is 11.3. The van der Waals surface area contributed by atoms with Crippen LogP contribution in [0, 0.1) is 12.8 Å². The van der Waals surface area contributed by atoms with Crippen molar-refractivity contribution in [1.29, 1.82) is 0 Å². The molecule has 0 bridgehead atoms. The smallest absolute Gasteiger partial charge is 0.339 e. The second-order valence-corrected chi connectivity index (χ2v) is 7.72. The van der Waals surface area contributed by atoms with Crippen molar-refractivity contribution in [2.75, 3.05) is 7.11 Å². The predicted molar refractivity (Wildman–Crippen MR) is 101 cm³/mol. The molecule has 138 valence electrons. The molecule has 26 heavy (non-hydrogen) atoms. The van der Waals surface area contributed by atoms with E-state index < -0.39 is 10.1 Å². The topological polar surface area (TPSA) is 69.7 Å². The van der Waals surface area contributed by atoms with Crippen LogP contribution in [0.3, 0.4) is 0 Å². The Hall–Kier alpha value is -2.60. The Morgan fingerprint density at radius 1 is 1.04 bits per heavy atom. The maximum absolute atomic E-state index is 12.5. The van der Waals surface area contributed by atoms with Crippen LogP contribution in [-0.2, 0) is 14.9 Å². The van der Waals surface area contributed by atoms with E-state index >= 15 is 0 Å². The highest BCUT2D eigenvalue weighted by molar-refractivity contribution is 7.87. The van der Waals surface area contributed by atoms with Gasteiger partial charge in [-0.15, -0.1) is 0 Å². The number of methoxy groups -OCH3 is 1. The molecule has 0 aliphatic carbocycles. The van der Waals surface area contributed by atoms with Crippen molar-refractivity contribution in [3.05, 3.63) is 59.2 Å². The lowest BCUT2D eigenvalue weighted by Gasteiger charge is -2.12. The monoisotopic (exact) mass is 374 g/mol. The average Bonchev–Trinajstić information content (AvgIpc) is 2.59. The minimum Gasteiger partial charge on any atom is -0.493 e. The van der Waals surface area contributed by atoms with Gasteiger partial charge in [-0.2, -0.15) is 8.42 Å². The minimum absolute atomic E-state index is 0.0512. The number of rotatable bonds is 7. The fourth-order valence-electron chi connectivity index (χ4n) is 2.25. The van der Waals surface area contributed by atoms with Crippen molar-refractivity contribution < 1.29 is 22.1 Å². The van der Waals surface area contributed by atoms with Gasteiger partial charge in [0.05, 0.1) is 7.11 Å². The van der Waals surface area contributed by atoms with Gasteiger partial charge in [-0.3, -0.25) is 4.79 Å². The quantitative estimate of drug-likeness (QED) is 0.416. The van der Waals surface area contributed by atoms with Crippen molar-refractivity contribution in [3.63, 3.8) is 0 Å². The van der Waals surface area contributed by atoms with Gasteiger partial charge in [0.2, 0.25) is 0 Å². The molecule has 0 N–H and O–H groups in total. The van der Waals surface area contributed by atoms with E-state index in [-0.39, 0.29) is 22.3 Å². The zero-order chi connectivity index (χ0) is 19.3. The number of aldehydes is 1. The number of aryl methyl sites for hydroxylation is 1. The maximum atomic E-state index is 12.5. The lowest BCUT2D eigenvalue weighted by atomic mass is 10.0. The van der Waals surface area contributed by atoms with Gasteiger partial charge in [0.15, 0.2) is 11.5 Å². The van der Waals surface area contributed by atoms with E-state index in [9.17, 15) is 13.2 Å². The highest BCUT2D eigenvalue weighted by atomic mass is 32.2. The summed E-state index contributed by atoms with van der Waals surface area (Å²) in [6.45, 7) is 5.68. The van der Waals surface area contributed by atoms with E-state index in [1.54, 1.807) is 30.3 Å². The van der Waals surface area contributed by atoms with Crippen molar-refractivity contribution in [1.82, 2.24) is 0 Å². The molecular formula is C20H22O5S. The molecule has 0 aliphatic heterocycles. The lowest BCUT2D eigenvalue weighted by molar-refractivity contribution is -0.105. The third kappa shape index (κ3) is 4.73. The van der Waals surface area contributed by atoms with E-state index in [0.717, 1.165) is 11.8 Å². The van der Waals surface area contributed by atoms with Crippen LogP contribution in [0.5, 0.6) is 11.5 Å². The summed E-state index contributed by atoms with van der Waals surface area (Å²) in [7, 11) is -2.57. The number of hydrogen-bond acceptors (Lipinski definition) is 5. The molecule has 0 heterocycles. The molecule has 0 saturated heterocycles. The molecule has 0 saturated carbocycles. The molecule has 5 nitrogen and oxygen atoms in total. The summed E-state index contributed by atoms with van der Waals surface area (Å²) in [6.07, 6.45) is 2.49. The Kier molecular flexibility index (Phi) is 6.21. The van der Waals surface area contributed by atoms with Crippen molar-refractivity contribution in [2.45, 2.75) is 25.7 Å². The Morgan fingerprint density at radius 2 is 1.69 bits per heavy atom. The second kappa shape index (κ2) is 8.19. The Morgan fingerprint density at radius 3 is 2.23 bits per heavy atom. The number of benzene rings is 2. The first-order chi connectivity index (χ1) is 12.3. The van der Waals surface area contributed by atoms with Crippen LogP contribution >= 0.6 is 0 Å². The number of hydrogen-bond donors (Lipinski definition) is 0. The second-order valence-electron chi connectivity index (χ2n) is 6.18. The first-order valence-electron chi connectivity index (χ1n) is 8.13. The average molecular weight is 374 g/mol. The van der Waals surface area contributed by atoms with Gasteiger partial charge in [0.25, 0.3) is 0 Å². The van der Waals surface area contributed by atoms with Crippen LogP contribution < -0.4 is 8.92 Å². The number of ether oxygens (including phenoxy) is 1. The third-order valence-electron chi connectivity index (χ3n) is 3.83. The summed E-state index contributed by atoms with van der Waals surface area (Å²) in [5, 5.41) is 0. The van der Waals surface area contributed by atoms with Gasteiger partial charge in [-0.05, 0) is 54.3 Å². The summed E-state index contributed by atoms with van der Waals surface area (Å²) < 4.78 is 35.6. The third-order valence-corrected chi connectivity index (χ3v) is 5.08. The fraction of sp³-hybridized carbons (Fsp3) is 0.250. The number of carbonyl (C=O) groups is 1. The van der Waals surface area contributed by atoms with Crippen LogP contribution in [-0.4, -0.2) is 21.8 Å². The fourth-order valence-corrected chi connectivity index (χ4v) is 3.18. The van der Waals surface area contributed by atoms with Gasteiger partial charge in [-0.1, -0.05) is 37.6 Å². The molecule has 0 aliphatic rings. The van der Waals surface area contributed by atoms with E-state index in [1.165, 1.54) is 25.3 Å². The molecule has 0 spiro atoms. The molecule has 0 radical (unpaired) electrons. The zero-order valence-corrected chi connectivity index (χ0v) is 16.0. The molecule has 0 unspecified atom stereocenters. The first-order valence-corrected chi connectivity index (χ1v) is 9.53. The van der Waals surface area contributed by atoms with Crippen LogP contribution in [0.25, 0.3) is 6.08 Å². The lowest BCUT2D eigenvalue weighted by Crippen LogP contribution is -2.10. The zero-order valence-electron chi connectivity index (χ0n) is 15.2. The van der Waals surface area contributed by atoms with Gasteiger partial charge in [-0.25, -0.2) is 0 Å². The van der Waals surface area contributed by atoms with Crippen molar-refractivity contribution in [3.8, 4) is 11.5 Å². The summed E-state index contributed by atoms with van der Waals surface area (Å²) in [4.78, 5) is 11.2. The molecular weight excluding hydrogens is 352 g/mol. The van der Waals surface area contributed by atoms with Gasteiger partial charge < -0.3 is 8.92 Å². The minimum atomic E-state index is -4.00. The van der Waals surface area contributed by atoms with Gasteiger partial charge >= 0.3 is 10.1 Å². The summed E-state index contributed by atoms with van der Waals surface area (Å²) in [5.41, 5.74) is 2.20. The largest absolute Gasteiger partial charge is 0.493 e. The van der Waals surface area contributed by atoms with E-state index in [0.29, 0.717) is 11.1 Å². The molecule has 0 fully saturated rings. The molecule has 2 aromatic rings. The Labute approximate surface area is 154 Å². The molecule has 6 heteroatoms. The Bertz CT molecular complexity index is 910. The van der Waals surface area contributed by atoms with Gasteiger partial charge in [0, 0.05) is 0 Å². The standard InChI is InChI=1S/C20H22O5S/c1-14(2)17(13-21)11-16-7-10-19(24-4)20(12-16)25-26(22,23)18-8-5-15(3)6-9-18/h5-14H,1-4H3/b17-11-. The van der Waals surface area contributed by atoms with Crippen molar-refractivity contribution >= 4 is 22.5 Å². The van der Waals surface area contributed by atoms with Crippen LogP contribution in [0.15, 0.2) is 52.9 Å². The van der Waals surface area contributed by atoms with Crippen LogP contribution in [0.2, 0.25) is 0 Å². The number of carbonyl (C=O) groups excluding carboxylic acids is 1. The normalized spacial score (nSPS) is 12.1. The van der Waals surface area contributed by atoms with E-state index in [2.05, 4.69) is 0 Å². The van der Waals surface area contributed by atoms with E-state index in [1.807, 2.05) is 20.8 Å². The molecule has 2 rings (SSSR count). The summed E-state index contributed by atoms with van der Waals surface area (Å²) >= 11 is 0. The number of allylic oxidation sites excluding steroid dienone is 1. The SMILES string of the molecule is COc1ccc(/C=C(/C=O)C(C)C)cc1OS(=O)(=O)c1ccc(C)cc1. The van der Waals surface area contributed by atoms with Gasteiger partial charge in [0.1, 0.15) is 11.2 Å². The highest BCUT2D eigenvalue weighted by Gasteiger charge is 2.19. The predicted octanol–water partition coefficient (Wildman–Crippen LogP) is 4.01.